The molecule has 2 aromatic rings. The average molecular weight is 558 g/mol. The van der Waals surface area contributed by atoms with Gasteiger partial charge in [0.15, 0.2) is 6.10 Å². The monoisotopic (exact) mass is 557 g/mol. The number of ketones is 1. The van der Waals surface area contributed by atoms with Crippen molar-refractivity contribution in [3.8, 4) is 0 Å². The van der Waals surface area contributed by atoms with Crippen molar-refractivity contribution < 1.29 is 28.7 Å². The number of benzene rings is 2. The molecule has 0 saturated heterocycles. The lowest BCUT2D eigenvalue weighted by atomic mass is 9.95. The van der Waals surface area contributed by atoms with Gasteiger partial charge in [-0.05, 0) is 25.5 Å². The number of unbranched alkanes of at least 4 members (excludes halogenated alkanes) is 9. The molecule has 0 radical (unpaired) electrons. The van der Waals surface area contributed by atoms with Gasteiger partial charge in [0.25, 0.3) is 10.8 Å². The molecule has 1 amide bonds. The molecule has 1 N–H and O–H groups in total. The molecule has 0 heterocycles. The number of hydrogen-bond acceptors (Lipinski definition) is 6. The number of halogens is 1. The summed E-state index contributed by atoms with van der Waals surface area (Å²) in [4.78, 5) is 49.2. The summed E-state index contributed by atoms with van der Waals surface area (Å²) in [5.41, 5.74) is 0.383. The van der Waals surface area contributed by atoms with Crippen LogP contribution in [0, 0.1) is 0 Å². The van der Waals surface area contributed by atoms with Gasteiger partial charge in [0.1, 0.15) is 0 Å². The van der Waals surface area contributed by atoms with E-state index in [1.807, 2.05) is 0 Å². The number of hydrogen-bond donors (Lipinski definition) is 1. The van der Waals surface area contributed by atoms with E-state index in [0.717, 1.165) is 19.3 Å². The highest BCUT2D eigenvalue weighted by atomic mass is 35.5. The fourth-order valence-corrected chi connectivity index (χ4v) is 4.19. The highest BCUT2D eigenvalue weighted by Crippen LogP contribution is 2.27. The first kappa shape index (κ1) is 32.0. The number of rotatable bonds is 18. The summed E-state index contributed by atoms with van der Waals surface area (Å²) in [7, 11) is 0. The molecule has 2 aromatic carbocycles. The lowest BCUT2D eigenvalue weighted by Crippen LogP contribution is -2.53. The molecule has 2 rings (SSSR count). The van der Waals surface area contributed by atoms with E-state index in [4.69, 9.17) is 21.1 Å². The maximum absolute atomic E-state index is 13.3. The number of para-hydroxylation sites is 1. The Kier molecular flexibility index (Phi) is 14.3. The van der Waals surface area contributed by atoms with Crippen LogP contribution in [0.2, 0.25) is 0 Å². The molecule has 0 aliphatic carbocycles. The summed E-state index contributed by atoms with van der Waals surface area (Å²) in [6.45, 7) is 3.72. The van der Waals surface area contributed by atoms with Gasteiger partial charge in [-0.3, -0.25) is 9.59 Å². The highest BCUT2D eigenvalue weighted by Gasteiger charge is 2.54. The van der Waals surface area contributed by atoms with Crippen molar-refractivity contribution in [2.75, 3.05) is 11.9 Å². The molecule has 0 bridgehead atoms. The Morgan fingerprint density at radius 2 is 1.31 bits per heavy atom. The molecule has 212 valence electrons. The van der Waals surface area contributed by atoms with Crippen LogP contribution >= 0.6 is 11.6 Å². The van der Waals surface area contributed by atoms with E-state index in [9.17, 15) is 19.2 Å². The van der Waals surface area contributed by atoms with Crippen LogP contribution in [-0.2, 0) is 23.9 Å². The predicted molar refractivity (Wildman–Crippen MR) is 153 cm³/mol. The second kappa shape index (κ2) is 17.4. The molecule has 0 aromatic heterocycles. The van der Waals surface area contributed by atoms with Crippen molar-refractivity contribution in [3.63, 3.8) is 0 Å². The standard InChI is InChI=1S/C31H40ClNO6/c1-3-4-5-6-7-8-9-10-11-18-23-38-28(35)24(2)39-30(37)31(32,27(34)25-19-14-12-15-20-25)29(36)33-26-21-16-13-17-22-26/h12-17,19-22,24H,3-11,18,23H2,1-2H3,(H,33,36). The molecule has 0 aliphatic heterocycles. The van der Waals surface area contributed by atoms with Gasteiger partial charge in [-0.25, -0.2) is 9.59 Å². The number of carbonyl (C=O) groups is 4. The summed E-state index contributed by atoms with van der Waals surface area (Å²) in [6.07, 6.45) is 10.1. The number of amides is 1. The molecule has 2 atom stereocenters. The molecule has 2 unspecified atom stereocenters. The van der Waals surface area contributed by atoms with Crippen molar-refractivity contribution in [2.45, 2.75) is 89.0 Å². The normalized spacial score (nSPS) is 13.1. The Morgan fingerprint density at radius 1 is 0.795 bits per heavy atom. The van der Waals surface area contributed by atoms with Crippen LogP contribution < -0.4 is 5.32 Å². The maximum Gasteiger partial charge on any atom is 0.347 e. The number of anilines is 1. The van der Waals surface area contributed by atoms with Crippen LogP contribution in [0.15, 0.2) is 60.7 Å². The van der Waals surface area contributed by atoms with Gasteiger partial charge in [-0.1, -0.05) is 125 Å². The zero-order valence-electron chi connectivity index (χ0n) is 23.0. The fourth-order valence-electron chi connectivity index (χ4n) is 3.99. The molecule has 0 saturated carbocycles. The van der Waals surface area contributed by atoms with Gasteiger partial charge in [-0.2, -0.15) is 0 Å². The molecule has 0 aliphatic rings. The van der Waals surface area contributed by atoms with E-state index in [2.05, 4.69) is 12.2 Å². The third kappa shape index (κ3) is 10.5. The summed E-state index contributed by atoms with van der Waals surface area (Å²) in [5, 5.41) is 2.48. The van der Waals surface area contributed by atoms with Crippen molar-refractivity contribution in [1.29, 1.82) is 0 Å². The minimum absolute atomic E-state index is 0.0452. The summed E-state index contributed by atoms with van der Waals surface area (Å²) < 4.78 is 10.4. The highest BCUT2D eigenvalue weighted by molar-refractivity contribution is 6.59. The smallest absolute Gasteiger partial charge is 0.347 e. The van der Waals surface area contributed by atoms with E-state index in [-0.39, 0.29) is 12.2 Å². The Bertz CT molecular complexity index is 1050. The Labute approximate surface area is 236 Å². The molecule has 8 heteroatoms. The largest absolute Gasteiger partial charge is 0.463 e. The molecule has 39 heavy (non-hydrogen) atoms. The van der Waals surface area contributed by atoms with Crippen LogP contribution in [0.25, 0.3) is 0 Å². The van der Waals surface area contributed by atoms with Gasteiger partial charge < -0.3 is 14.8 Å². The summed E-state index contributed by atoms with van der Waals surface area (Å²) in [6, 6.07) is 16.0. The van der Waals surface area contributed by atoms with E-state index >= 15 is 0 Å². The minimum atomic E-state index is -2.75. The molecule has 7 nitrogen and oxygen atoms in total. The molecular formula is C31H40ClNO6. The van der Waals surface area contributed by atoms with Gasteiger partial charge in [0.2, 0.25) is 5.78 Å². The van der Waals surface area contributed by atoms with Crippen molar-refractivity contribution in [3.05, 3.63) is 66.2 Å². The van der Waals surface area contributed by atoms with Crippen molar-refractivity contribution in [2.24, 2.45) is 0 Å². The lowest BCUT2D eigenvalue weighted by molar-refractivity contribution is -0.168. The first-order valence-electron chi connectivity index (χ1n) is 13.8. The number of Topliss-reactive ketones (excluding diaryl/α,β-unsaturated/α-hetero) is 1. The number of ether oxygens (including phenoxy) is 2. The van der Waals surface area contributed by atoms with Gasteiger partial charge in [-0.15, -0.1) is 0 Å². The summed E-state index contributed by atoms with van der Waals surface area (Å²) in [5.74, 6) is -4.17. The Balaban J connectivity index is 1.89. The van der Waals surface area contributed by atoms with Crippen molar-refractivity contribution in [1.82, 2.24) is 0 Å². The van der Waals surface area contributed by atoms with Gasteiger partial charge in [0.05, 0.1) is 6.61 Å². The van der Waals surface area contributed by atoms with Crippen LogP contribution in [0.4, 0.5) is 5.69 Å². The maximum atomic E-state index is 13.3. The van der Waals surface area contributed by atoms with E-state index in [1.165, 1.54) is 57.6 Å². The number of alkyl halides is 1. The quantitative estimate of drug-likeness (QED) is 0.0705. The third-order valence-corrected chi connectivity index (χ3v) is 6.83. The minimum Gasteiger partial charge on any atom is -0.463 e. The Morgan fingerprint density at radius 3 is 1.87 bits per heavy atom. The first-order valence-corrected chi connectivity index (χ1v) is 14.2. The topological polar surface area (TPSA) is 98.8 Å². The lowest BCUT2D eigenvalue weighted by Gasteiger charge is -2.24. The summed E-state index contributed by atoms with van der Waals surface area (Å²) >= 11 is 6.46. The van der Waals surface area contributed by atoms with Gasteiger partial charge in [0, 0.05) is 11.3 Å². The number of esters is 2. The van der Waals surface area contributed by atoms with Crippen LogP contribution in [0.5, 0.6) is 0 Å². The first-order chi connectivity index (χ1) is 18.8. The second-order valence-corrected chi connectivity index (χ2v) is 10.1. The van der Waals surface area contributed by atoms with Crippen molar-refractivity contribution >= 4 is 40.9 Å². The van der Waals surface area contributed by atoms with Gasteiger partial charge >= 0.3 is 11.9 Å². The zero-order valence-corrected chi connectivity index (χ0v) is 23.7. The molecule has 0 spiro atoms. The number of carbonyl (C=O) groups excluding carboxylic acids is 4. The fraction of sp³-hybridized carbons (Fsp3) is 0.484. The van der Waals surface area contributed by atoms with E-state index in [1.54, 1.807) is 48.5 Å². The van der Waals surface area contributed by atoms with Crippen LogP contribution in [-0.4, -0.2) is 41.2 Å². The predicted octanol–water partition coefficient (Wildman–Crippen LogP) is 6.88. The Hall–Kier alpha value is -3.19. The van der Waals surface area contributed by atoms with Crippen LogP contribution in [0.3, 0.4) is 0 Å². The van der Waals surface area contributed by atoms with E-state index < -0.39 is 34.6 Å². The zero-order chi connectivity index (χ0) is 28.5. The third-order valence-electron chi connectivity index (χ3n) is 6.33. The SMILES string of the molecule is CCCCCCCCCCCCOC(=O)C(C)OC(=O)C(Cl)(C(=O)Nc1ccccc1)C(=O)c1ccccc1. The molecular weight excluding hydrogens is 518 g/mol. The second-order valence-electron chi connectivity index (χ2n) is 9.57. The van der Waals surface area contributed by atoms with E-state index in [0.29, 0.717) is 12.1 Å². The van der Waals surface area contributed by atoms with Crippen LogP contribution in [0.1, 0.15) is 88.4 Å². The molecule has 0 fully saturated rings. The average Bonchev–Trinajstić information content (AvgIpc) is 2.95. The number of nitrogens with one attached hydrogen (secondary N) is 1.